The van der Waals surface area contributed by atoms with Gasteiger partial charge in [0.25, 0.3) is 0 Å². The lowest BCUT2D eigenvalue weighted by atomic mass is 9.89. The third-order valence-electron chi connectivity index (χ3n) is 3.58. The van der Waals surface area contributed by atoms with Gasteiger partial charge in [-0.3, -0.25) is 0 Å². The van der Waals surface area contributed by atoms with E-state index in [1.165, 1.54) is 11.3 Å². The highest BCUT2D eigenvalue weighted by molar-refractivity contribution is 9.10. The predicted octanol–water partition coefficient (Wildman–Crippen LogP) is 2.05. The molecule has 1 aliphatic heterocycles. The van der Waals surface area contributed by atoms with E-state index in [2.05, 4.69) is 46.0 Å². The Hall–Kier alpha value is -0.580. The molecule has 1 aliphatic rings. The van der Waals surface area contributed by atoms with Gasteiger partial charge >= 0.3 is 0 Å². The number of nitrogens with two attached hydrogens (primary N) is 1. The van der Waals surface area contributed by atoms with Gasteiger partial charge in [-0.1, -0.05) is 15.9 Å². The zero-order valence-electron chi connectivity index (χ0n) is 10.1. The van der Waals surface area contributed by atoms with Crippen molar-refractivity contribution >= 4 is 21.6 Å². The minimum Gasteiger partial charge on any atom is -0.394 e. The first-order chi connectivity index (χ1) is 8.04. The highest BCUT2D eigenvalue weighted by Gasteiger charge is 2.29. The number of rotatable bonds is 2. The molecule has 2 rings (SSSR count). The lowest BCUT2D eigenvalue weighted by molar-refractivity contribution is 0.170. The highest BCUT2D eigenvalue weighted by Crippen LogP contribution is 2.27. The lowest BCUT2D eigenvalue weighted by Gasteiger charge is -2.39. The summed E-state index contributed by atoms with van der Waals surface area (Å²) in [7, 11) is 0. The van der Waals surface area contributed by atoms with Crippen molar-refractivity contribution < 1.29 is 5.11 Å². The first-order valence-corrected chi connectivity index (χ1v) is 6.74. The Bertz CT molecular complexity index is 400. The van der Waals surface area contributed by atoms with Crippen LogP contribution in [0.4, 0.5) is 5.69 Å². The maximum atomic E-state index is 9.24. The molecule has 0 aliphatic carbocycles. The number of anilines is 1. The normalized spacial score (nSPS) is 19.4. The molecular weight excluding hydrogens is 280 g/mol. The Morgan fingerprint density at radius 1 is 1.41 bits per heavy atom. The van der Waals surface area contributed by atoms with E-state index in [0.717, 1.165) is 30.4 Å². The molecule has 3 nitrogen and oxygen atoms in total. The van der Waals surface area contributed by atoms with E-state index in [1.54, 1.807) is 0 Å². The van der Waals surface area contributed by atoms with Gasteiger partial charge in [-0.05, 0) is 43.5 Å². The second kappa shape index (κ2) is 4.96. The van der Waals surface area contributed by atoms with Gasteiger partial charge in [-0.2, -0.15) is 0 Å². The summed E-state index contributed by atoms with van der Waals surface area (Å²) in [5.74, 6) is 0. The van der Waals surface area contributed by atoms with Gasteiger partial charge in [0, 0.05) is 28.8 Å². The van der Waals surface area contributed by atoms with E-state index in [4.69, 9.17) is 5.73 Å². The van der Waals surface area contributed by atoms with E-state index in [-0.39, 0.29) is 12.1 Å². The number of benzene rings is 1. The Kier molecular flexibility index (Phi) is 3.76. The summed E-state index contributed by atoms with van der Waals surface area (Å²) in [4.78, 5) is 2.33. The van der Waals surface area contributed by atoms with Crippen LogP contribution in [0.25, 0.3) is 0 Å². The standard InChI is InChI=1S/C13H19BrN2O/c1-10-8-11(2-3-12(10)14)16-6-4-13(15,9-17)5-7-16/h2-3,8,17H,4-7,9,15H2,1H3. The van der Waals surface area contributed by atoms with Crippen LogP contribution in [0, 0.1) is 6.92 Å². The van der Waals surface area contributed by atoms with E-state index in [9.17, 15) is 5.11 Å². The molecule has 94 valence electrons. The number of piperidine rings is 1. The Labute approximate surface area is 111 Å². The molecule has 1 aromatic rings. The molecule has 0 unspecified atom stereocenters. The van der Waals surface area contributed by atoms with Crippen molar-refractivity contribution in [2.75, 3.05) is 24.6 Å². The third kappa shape index (κ3) is 2.81. The van der Waals surface area contributed by atoms with Crippen LogP contribution < -0.4 is 10.6 Å². The number of halogens is 1. The van der Waals surface area contributed by atoms with Crippen molar-refractivity contribution in [2.24, 2.45) is 5.73 Å². The molecule has 0 atom stereocenters. The van der Waals surface area contributed by atoms with Gasteiger partial charge in [0.05, 0.1) is 6.61 Å². The molecule has 3 N–H and O–H groups in total. The predicted molar refractivity (Wildman–Crippen MR) is 74.3 cm³/mol. The van der Waals surface area contributed by atoms with Crippen LogP contribution in [0.5, 0.6) is 0 Å². The minimum absolute atomic E-state index is 0.0835. The van der Waals surface area contributed by atoms with Gasteiger partial charge in [0.2, 0.25) is 0 Å². The van der Waals surface area contributed by atoms with Gasteiger partial charge in [0.1, 0.15) is 0 Å². The van der Waals surface area contributed by atoms with Gasteiger partial charge < -0.3 is 15.7 Å². The van der Waals surface area contributed by atoms with Crippen LogP contribution in [-0.4, -0.2) is 30.3 Å². The molecule has 0 spiro atoms. The molecular formula is C13H19BrN2O. The van der Waals surface area contributed by atoms with Crippen molar-refractivity contribution in [3.8, 4) is 0 Å². The van der Waals surface area contributed by atoms with Crippen LogP contribution in [0.2, 0.25) is 0 Å². The van der Waals surface area contributed by atoms with Gasteiger partial charge in [-0.15, -0.1) is 0 Å². The average Bonchev–Trinajstić information content (AvgIpc) is 2.34. The van der Waals surface area contributed by atoms with Crippen LogP contribution in [-0.2, 0) is 0 Å². The maximum absolute atomic E-state index is 9.24. The zero-order valence-corrected chi connectivity index (χ0v) is 11.7. The number of aliphatic hydroxyl groups is 1. The Morgan fingerprint density at radius 2 is 2.06 bits per heavy atom. The van der Waals surface area contributed by atoms with Crippen LogP contribution in [0.3, 0.4) is 0 Å². The lowest BCUT2D eigenvalue weighted by Crippen LogP contribution is -2.52. The van der Waals surface area contributed by atoms with Crippen molar-refractivity contribution in [3.05, 3.63) is 28.2 Å². The van der Waals surface area contributed by atoms with Crippen molar-refractivity contribution in [2.45, 2.75) is 25.3 Å². The highest BCUT2D eigenvalue weighted by atomic mass is 79.9. The number of hydrogen-bond donors (Lipinski definition) is 2. The molecule has 1 aromatic carbocycles. The summed E-state index contributed by atoms with van der Waals surface area (Å²) in [6.07, 6.45) is 1.69. The van der Waals surface area contributed by atoms with Crippen molar-refractivity contribution in [1.82, 2.24) is 0 Å². The quantitative estimate of drug-likeness (QED) is 0.878. The van der Waals surface area contributed by atoms with Crippen LogP contribution in [0.1, 0.15) is 18.4 Å². The summed E-state index contributed by atoms with van der Waals surface area (Å²) < 4.78 is 1.14. The molecule has 1 heterocycles. The smallest absolute Gasteiger partial charge is 0.0612 e. The summed E-state index contributed by atoms with van der Waals surface area (Å²) in [5, 5.41) is 9.24. The summed E-state index contributed by atoms with van der Waals surface area (Å²) in [5.41, 5.74) is 8.18. The van der Waals surface area contributed by atoms with E-state index in [0.29, 0.717) is 0 Å². The SMILES string of the molecule is Cc1cc(N2CCC(N)(CO)CC2)ccc1Br. The first-order valence-electron chi connectivity index (χ1n) is 5.95. The second-order valence-corrected chi connectivity index (χ2v) is 5.80. The topological polar surface area (TPSA) is 49.5 Å². The molecule has 17 heavy (non-hydrogen) atoms. The fourth-order valence-corrected chi connectivity index (χ4v) is 2.44. The number of hydrogen-bond acceptors (Lipinski definition) is 3. The Balaban J connectivity index is 2.08. The fourth-order valence-electron chi connectivity index (χ4n) is 2.19. The molecule has 4 heteroatoms. The fraction of sp³-hybridized carbons (Fsp3) is 0.538. The minimum atomic E-state index is -0.374. The molecule has 1 saturated heterocycles. The number of aliphatic hydroxyl groups excluding tert-OH is 1. The summed E-state index contributed by atoms with van der Waals surface area (Å²) >= 11 is 3.51. The summed E-state index contributed by atoms with van der Waals surface area (Å²) in [6.45, 7) is 4.01. The van der Waals surface area contributed by atoms with Crippen molar-refractivity contribution in [3.63, 3.8) is 0 Å². The summed E-state index contributed by atoms with van der Waals surface area (Å²) in [6, 6.07) is 6.40. The molecule has 0 saturated carbocycles. The van der Waals surface area contributed by atoms with Crippen LogP contribution >= 0.6 is 15.9 Å². The molecule has 0 bridgehead atoms. The molecule has 0 aromatic heterocycles. The second-order valence-electron chi connectivity index (χ2n) is 4.94. The van der Waals surface area contributed by atoms with Gasteiger partial charge in [-0.25, -0.2) is 0 Å². The molecule has 1 fully saturated rings. The zero-order chi connectivity index (χ0) is 12.5. The van der Waals surface area contributed by atoms with Gasteiger partial charge in [0.15, 0.2) is 0 Å². The maximum Gasteiger partial charge on any atom is 0.0612 e. The van der Waals surface area contributed by atoms with Crippen molar-refractivity contribution in [1.29, 1.82) is 0 Å². The average molecular weight is 299 g/mol. The number of aryl methyl sites for hydroxylation is 1. The van der Waals surface area contributed by atoms with Crippen LogP contribution in [0.15, 0.2) is 22.7 Å². The Morgan fingerprint density at radius 3 is 2.59 bits per heavy atom. The van der Waals surface area contributed by atoms with E-state index in [1.807, 2.05) is 0 Å². The largest absolute Gasteiger partial charge is 0.394 e. The first kappa shape index (κ1) is 12.9. The van der Waals surface area contributed by atoms with E-state index < -0.39 is 0 Å². The molecule has 0 radical (unpaired) electrons. The molecule has 0 amide bonds. The van der Waals surface area contributed by atoms with E-state index >= 15 is 0 Å². The number of nitrogens with zero attached hydrogens (tertiary/aromatic N) is 1. The third-order valence-corrected chi connectivity index (χ3v) is 4.47. The monoisotopic (exact) mass is 298 g/mol.